The number of nitrogens with one attached hydrogen (secondary N) is 1. The van der Waals surface area contributed by atoms with Crippen LogP contribution in [0.4, 0.5) is 0 Å². The van der Waals surface area contributed by atoms with E-state index in [-0.39, 0.29) is 5.91 Å². The molecule has 1 aliphatic heterocycles. The molecule has 2 aliphatic rings. The molecule has 1 saturated carbocycles. The first-order valence-corrected chi connectivity index (χ1v) is 8.94. The summed E-state index contributed by atoms with van der Waals surface area (Å²) in [6, 6.07) is 9.65. The summed E-state index contributed by atoms with van der Waals surface area (Å²) in [6.45, 7) is 3.70. The van der Waals surface area contributed by atoms with Crippen LogP contribution < -0.4 is 5.32 Å². The van der Waals surface area contributed by atoms with E-state index in [1.807, 2.05) is 11.8 Å². The third kappa shape index (κ3) is 3.80. The number of piperazine rings is 1. The highest BCUT2D eigenvalue weighted by Crippen LogP contribution is 2.26. The molecule has 1 aromatic carbocycles. The number of nitrogens with zero attached hydrogens (tertiary/aromatic N) is 1. The Bertz CT molecular complexity index is 488. The molecule has 2 fully saturated rings. The SMILES string of the molecule is Cc1ccc(SCCN2CC(=O)N[C@H]3CCCC[C@H]32)cc1. The second-order valence-corrected chi connectivity index (χ2v) is 7.33. The molecule has 114 valence electrons. The standard InChI is InChI=1S/C17H24N2OS/c1-13-6-8-14(9-7-13)21-11-10-19-12-17(20)18-15-4-2-3-5-16(15)19/h6-9,15-16H,2-5,10-12H2,1H3,(H,18,20)/t15-,16+/m0/s1. The minimum absolute atomic E-state index is 0.207. The zero-order valence-electron chi connectivity index (χ0n) is 12.7. The number of hydrogen-bond donors (Lipinski definition) is 1. The van der Waals surface area contributed by atoms with Crippen molar-refractivity contribution in [3.8, 4) is 0 Å². The minimum Gasteiger partial charge on any atom is -0.351 e. The van der Waals surface area contributed by atoms with E-state index in [2.05, 4.69) is 41.4 Å². The number of aryl methyl sites for hydroxylation is 1. The second-order valence-electron chi connectivity index (χ2n) is 6.16. The lowest BCUT2D eigenvalue weighted by Crippen LogP contribution is -2.61. The van der Waals surface area contributed by atoms with Crippen LogP contribution in [0.25, 0.3) is 0 Å². The van der Waals surface area contributed by atoms with E-state index in [0.717, 1.165) is 18.7 Å². The third-order valence-electron chi connectivity index (χ3n) is 4.56. The maximum atomic E-state index is 11.8. The Kier molecular flexibility index (Phi) is 4.86. The van der Waals surface area contributed by atoms with Crippen molar-refractivity contribution in [2.75, 3.05) is 18.8 Å². The van der Waals surface area contributed by atoms with E-state index in [1.54, 1.807) is 0 Å². The topological polar surface area (TPSA) is 32.3 Å². The smallest absolute Gasteiger partial charge is 0.234 e. The van der Waals surface area contributed by atoms with Crippen molar-refractivity contribution in [3.05, 3.63) is 29.8 Å². The number of thioether (sulfide) groups is 1. The monoisotopic (exact) mass is 304 g/mol. The van der Waals surface area contributed by atoms with Gasteiger partial charge in [0.15, 0.2) is 0 Å². The van der Waals surface area contributed by atoms with Crippen LogP contribution in [0.5, 0.6) is 0 Å². The van der Waals surface area contributed by atoms with Gasteiger partial charge < -0.3 is 5.32 Å². The summed E-state index contributed by atoms with van der Waals surface area (Å²) in [4.78, 5) is 15.6. The van der Waals surface area contributed by atoms with Crippen LogP contribution in [-0.2, 0) is 4.79 Å². The van der Waals surface area contributed by atoms with E-state index in [9.17, 15) is 4.79 Å². The molecule has 1 N–H and O–H groups in total. The zero-order valence-corrected chi connectivity index (χ0v) is 13.5. The summed E-state index contributed by atoms with van der Waals surface area (Å²) in [6.07, 6.45) is 4.95. The number of carbonyl (C=O) groups excluding carboxylic acids is 1. The van der Waals surface area contributed by atoms with Gasteiger partial charge in [0.2, 0.25) is 5.91 Å². The van der Waals surface area contributed by atoms with Crippen LogP contribution in [0, 0.1) is 6.92 Å². The highest BCUT2D eigenvalue weighted by Gasteiger charge is 2.35. The molecule has 3 nitrogen and oxygen atoms in total. The van der Waals surface area contributed by atoms with Crippen LogP contribution in [0.2, 0.25) is 0 Å². The normalized spacial score (nSPS) is 26.2. The van der Waals surface area contributed by atoms with Gasteiger partial charge in [0.05, 0.1) is 6.54 Å². The molecular formula is C17H24N2OS. The number of rotatable bonds is 4. The largest absolute Gasteiger partial charge is 0.351 e. The van der Waals surface area contributed by atoms with E-state index in [4.69, 9.17) is 0 Å². The van der Waals surface area contributed by atoms with Gasteiger partial charge in [0.25, 0.3) is 0 Å². The number of carbonyl (C=O) groups is 1. The Labute approximate surface area is 131 Å². The Morgan fingerprint density at radius 3 is 2.81 bits per heavy atom. The summed E-state index contributed by atoms with van der Waals surface area (Å²) in [5.74, 6) is 1.26. The fraction of sp³-hybridized carbons (Fsp3) is 0.588. The molecule has 2 atom stereocenters. The number of fused-ring (bicyclic) bond motifs is 1. The lowest BCUT2D eigenvalue weighted by atomic mass is 9.87. The Morgan fingerprint density at radius 2 is 2.00 bits per heavy atom. The highest BCUT2D eigenvalue weighted by atomic mass is 32.2. The van der Waals surface area contributed by atoms with Gasteiger partial charge in [-0.1, -0.05) is 30.5 Å². The van der Waals surface area contributed by atoms with E-state index in [1.165, 1.54) is 29.7 Å². The molecule has 0 spiro atoms. The van der Waals surface area contributed by atoms with Gasteiger partial charge in [0, 0.05) is 29.3 Å². The average molecular weight is 304 g/mol. The van der Waals surface area contributed by atoms with E-state index in [0.29, 0.717) is 18.6 Å². The molecule has 1 aromatic rings. The molecule has 4 heteroatoms. The Balaban J connectivity index is 1.53. The van der Waals surface area contributed by atoms with Gasteiger partial charge in [-0.3, -0.25) is 9.69 Å². The fourth-order valence-electron chi connectivity index (χ4n) is 3.43. The van der Waals surface area contributed by atoms with Crippen LogP contribution in [0.3, 0.4) is 0 Å². The van der Waals surface area contributed by atoms with E-state index >= 15 is 0 Å². The van der Waals surface area contributed by atoms with Crippen molar-refractivity contribution in [2.45, 2.75) is 49.6 Å². The van der Waals surface area contributed by atoms with Crippen molar-refractivity contribution in [2.24, 2.45) is 0 Å². The van der Waals surface area contributed by atoms with E-state index < -0.39 is 0 Å². The zero-order chi connectivity index (χ0) is 14.7. The third-order valence-corrected chi connectivity index (χ3v) is 5.55. The van der Waals surface area contributed by atoms with Crippen molar-refractivity contribution in [1.82, 2.24) is 10.2 Å². The van der Waals surface area contributed by atoms with Crippen LogP contribution in [0.1, 0.15) is 31.2 Å². The first kappa shape index (κ1) is 14.9. The van der Waals surface area contributed by atoms with Crippen molar-refractivity contribution in [3.63, 3.8) is 0 Å². The lowest BCUT2D eigenvalue weighted by molar-refractivity contribution is -0.128. The molecule has 0 aromatic heterocycles. The fourth-order valence-corrected chi connectivity index (χ4v) is 4.32. The summed E-state index contributed by atoms with van der Waals surface area (Å²) in [5.41, 5.74) is 1.30. The maximum absolute atomic E-state index is 11.8. The van der Waals surface area contributed by atoms with Gasteiger partial charge >= 0.3 is 0 Å². The van der Waals surface area contributed by atoms with Crippen molar-refractivity contribution >= 4 is 17.7 Å². The molecule has 1 saturated heterocycles. The minimum atomic E-state index is 0.207. The molecule has 21 heavy (non-hydrogen) atoms. The average Bonchev–Trinajstić information content (AvgIpc) is 2.49. The number of benzene rings is 1. The summed E-state index contributed by atoms with van der Waals surface area (Å²) < 4.78 is 0. The molecule has 0 unspecified atom stereocenters. The van der Waals surface area contributed by atoms with Crippen molar-refractivity contribution < 1.29 is 4.79 Å². The molecule has 0 radical (unpaired) electrons. The van der Waals surface area contributed by atoms with Crippen LogP contribution in [0.15, 0.2) is 29.2 Å². The molecule has 1 amide bonds. The first-order valence-electron chi connectivity index (χ1n) is 7.95. The van der Waals surface area contributed by atoms with Gasteiger partial charge in [0.1, 0.15) is 0 Å². The highest BCUT2D eigenvalue weighted by molar-refractivity contribution is 7.99. The molecule has 1 aliphatic carbocycles. The number of amides is 1. The Morgan fingerprint density at radius 1 is 1.24 bits per heavy atom. The Hall–Kier alpha value is -1.00. The summed E-state index contributed by atoms with van der Waals surface area (Å²) in [5, 5.41) is 3.18. The molecule has 1 heterocycles. The quantitative estimate of drug-likeness (QED) is 0.868. The second kappa shape index (κ2) is 6.84. The molecular weight excluding hydrogens is 280 g/mol. The van der Waals surface area contributed by atoms with Crippen LogP contribution >= 0.6 is 11.8 Å². The van der Waals surface area contributed by atoms with Crippen LogP contribution in [-0.4, -0.2) is 41.7 Å². The summed E-state index contributed by atoms with van der Waals surface area (Å²) in [7, 11) is 0. The van der Waals surface area contributed by atoms with Gasteiger partial charge in [-0.15, -0.1) is 11.8 Å². The van der Waals surface area contributed by atoms with Crippen molar-refractivity contribution in [1.29, 1.82) is 0 Å². The number of hydrogen-bond acceptors (Lipinski definition) is 3. The lowest BCUT2D eigenvalue weighted by Gasteiger charge is -2.44. The van der Waals surface area contributed by atoms with Gasteiger partial charge in [-0.2, -0.15) is 0 Å². The van der Waals surface area contributed by atoms with Gasteiger partial charge in [-0.25, -0.2) is 0 Å². The van der Waals surface area contributed by atoms with Gasteiger partial charge in [-0.05, 0) is 31.9 Å². The summed E-state index contributed by atoms with van der Waals surface area (Å²) >= 11 is 1.89. The predicted molar refractivity (Wildman–Crippen MR) is 87.7 cm³/mol. The maximum Gasteiger partial charge on any atom is 0.234 e. The molecule has 0 bridgehead atoms. The predicted octanol–water partition coefficient (Wildman–Crippen LogP) is 2.83. The first-order chi connectivity index (χ1) is 10.2. The molecule has 3 rings (SSSR count).